The Morgan fingerprint density at radius 2 is 1.78 bits per heavy atom. The van der Waals surface area contributed by atoms with Gasteiger partial charge in [-0.05, 0) is 109 Å². The van der Waals surface area contributed by atoms with Crippen LogP contribution in [0.2, 0.25) is 5.02 Å². The molecule has 0 aliphatic rings. The second-order valence-electron chi connectivity index (χ2n) is 8.03. The molecular formula is C28H25ClIN3O4. The van der Waals surface area contributed by atoms with Crippen molar-refractivity contribution in [2.24, 2.45) is 0 Å². The average molecular weight is 630 g/mol. The van der Waals surface area contributed by atoms with Gasteiger partial charge in [0, 0.05) is 16.4 Å². The van der Waals surface area contributed by atoms with Gasteiger partial charge in [0.15, 0.2) is 18.1 Å². The first-order chi connectivity index (χ1) is 17.7. The third kappa shape index (κ3) is 7.97. The predicted octanol–water partition coefficient (Wildman–Crippen LogP) is 6.52. The van der Waals surface area contributed by atoms with E-state index in [1.807, 2.05) is 45.0 Å². The van der Waals surface area contributed by atoms with Crippen molar-refractivity contribution in [2.75, 3.05) is 23.8 Å². The third-order valence-electron chi connectivity index (χ3n) is 5.23. The minimum atomic E-state index is -0.568. The molecule has 3 aromatic carbocycles. The summed E-state index contributed by atoms with van der Waals surface area (Å²) in [6.07, 6.45) is 1.46. The van der Waals surface area contributed by atoms with E-state index in [1.165, 1.54) is 6.08 Å². The summed E-state index contributed by atoms with van der Waals surface area (Å²) in [4.78, 5) is 25.1. The Morgan fingerprint density at radius 3 is 2.46 bits per heavy atom. The minimum Gasteiger partial charge on any atom is -0.490 e. The van der Waals surface area contributed by atoms with Crippen molar-refractivity contribution in [2.45, 2.75) is 20.8 Å². The zero-order valence-corrected chi connectivity index (χ0v) is 23.4. The lowest BCUT2D eigenvalue weighted by molar-refractivity contribution is -0.118. The van der Waals surface area contributed by atoms with Gasteiger partial charge in [0.05, 0.1) is 10.2 Å². The summed E-state index contributed by atoms with van der Waals surface area (Å²) in [5.41, 5.74) is 3.86. The Labute approximate surface area is 234 Å². The summed E-state index contributed by atoms with van der Waals surface area (Å²) < 4.78 is 12.2. The van der Waals surface area contributed by atoms with E-state index in [0.717, 1.165) is 11.1 Å². The van der Waals surface area contributed by atoms with Crippen LogP contribution in [0.25, 0.3) is 6.08 Å². The molecule has 190 valence electrons. The summed E-state index contributed by atoms with van der Waals surface area (Å²) in [7, 11) is 0. The summed E-state index contributed by atoms with van der Waals surface area (Å²) in [6.45, 7) is 5.95. The molecule has 0 saturated heterocycles. The van der Waals surface area contributed by atoms with Crippen LogP contribution in [0.5, 0.6) is 11.5 Å². The molecule has 0 aliphatic carbocycles. The standard InChI is InChI=1S/C28H25ClIN3O4/c1-4-36-25-13-19(11-20(15-31)28(35)33-22-7-5-6-21(29)14-22)12-24(30)27(25)37-16-26(34)32-23-9-8-17(2)18(3)10-23/h5-14H,4,16H2,1-3H3,(H,32,34)(H,33,35)/b20-11-. The molecule has 2 amide bonds. The molecule has 0 bridgehead atoms. The Hall–Kier alpha value is -3.55. The highest BCUT2D eigenvalue weighted by atomic mass is 127. The van der Waals surface area contributed by atoms with Crippen LogP contribution in [0.4, 0.5) is 11.4 Å². The van der Waals surface area contributed by atoms with Crippen molar-refractivity contribution in [1.29, 1.82) is 5.26 Å². The van der Waals surface area contributed by atoms with Crippen LogP contribution in [0.1, 0.15) is 23.6 Å². The Kier molecular flexibility index (Phi) is 9.94. The molecule has 0 aliphatic heterocycles. The molecule has 9 heteroatoms. The molecule has 37 heavy (non-hydrogen) atoms. The number of carbonyl (C=O) groups is 2. The first kappa shape index (κ1) is 28.0. The number of halogens is 2. The number of nitrogens with zero attached hydrogens (tertiary/aromatic N) is 1. The van der Waals surface area contributed by atoms with Gasteiger partial charge in [-0.1, -0.05) is 23.7 Å². The molecule has 2 N–H and O–H groups in total. The first-order valence-corrected chi connectivity index (χ1v) is 12.8. The molecule has 0 fully saturated rings. The Morgan fingerprint density at radius 1 is 1.03 bits per heavy atom. The maximum atomic E-state index is 12.6. The molecule has 0 saturated carbocycles. The number of hydrogen-bond acceptors (Lipinski definition) is 5. The molecule has 3 rings (SSSR count). The second-order valence-corrected chi connectivity index (χ2v) is 9.63. The smallest absolute Gasteiger partial charge is 0.266 e. The van der Waals surface area contributed by atoms with Crippen LogP contribution in [0, 0.1) is 28.7 Å². The van der Waals surface area contributed by atoms with E-state index in [2.05, 4.69) is 33.2 Å². The lowest BCUT2D eigenvalue weighted by Gasteiger charge is -2.15. The number of carbonyl (C=O) groups excluding carboxylic acids is 2. The fourth-order valence-corrected chi connectivity index (χ4v) is 4.28. The number of nitrogens with one attached hydrogen (secondary N) is 2. The SMILES string of the molecule is CCOc1cc(/C=C(/C#N)C(=O)Nc2cccc(Cl)c2)cc(I)c1OCC(=O)Nc1ccc(C)c(C)c1. The zero-order chi connectivity index (χ0) is 26.9. The van der Waals surface area contributed by atoms with Crippen molar-refractivity contribution in [3.8, 4) is 17.6 Å². The van der Waals surface area contributed by atoms with Gasteiger partial charge in [0.25, 0.3) is 11.8 Å². The van der Waals surface area contributed by atoms with E-state index in [4.69, 9.17) is 21.1 Å². The summed E-state index contributed by atoms with van der Waals surface area (Å²) >= 11 is 8.03. The maximum absolute atomic E-state index is 12.6. The van der Waals surface area contributed by atoms with Crippen molar-refractivity contribution in [1.82, 2.24) is 0 Å². The number of amides is 2. The molecule has 7 nitrogen and oxygen atoms in total. The zero-order valence-electron chi connectivity index (χ0n) is 20.5. The van der Waals surface area contributed by atoms with Crippen LogP contribution >= 0.6 is 34.2 Å². The summed E-state index contributed by atoms with van der Waals surface area (Å²) in [5, 5.41) is 15.5. The number of benzene rings is 3. The fourth-order valence-electron chi connectivity index (χ4n) is 3.31. The molecule has 0 aromatic heterocycles. The topological polar surface area (TPSA) is 100 Å². The monoisotopic (exact) mass is 629 g/mol. The largest absolute Gasteiger partial charge is 0.490 e. The molecule has 3 aromatic rings. The van der Waals surface area contributed by atoms with Crippen LogP contribution in [-0.4, -0.2) is 25.0 Å². The highest BCUT2D eigenvalue weighted by Crippen LogP contribution is 2.35. The Balaban J connectivity index is 1.77. The van der Waals surface area contributed by atoms with Crippen molar-refractivity contribution < 1.29 is 19.1 Å². The van der Waals surface area contributed by atoms with Gasteiger partial charge in [-0.3, -0.25) is 9.59 Å². The van der Waals surface area contributed by atoms with Crippen molar-refractivity contribution >= 4 is 63.5 Å². The van der Waals surface area contributed by atoms with E-state index in [-0.39, 0.29) is 18.1 Å². The molecule has 0 spiro atoms. The highest BCUT2D eigenvalue weighted by molar-refractivity contribution is 14.1. The lowest BCUT2D eigenvalue weighted by atomic mass is 10.1. The Bertz CT molecular complexity index is 1400. The fraction of sp³-hybridized carbons (Fsp3) is 0.179. The predicted molar refractivity (Wildman–Crippen MR) is 154 cm³/mol. The van der Waals surface area contributed by atoms with Crippen LogP contribution < -0.4 is 20.1 Å². The normalized spacial score (nSPS) is 10.9. The van der Waals surface area contributed by atoms with E-state index in [1.54, 1.807) is 36.4 Å². The third-order valence-corrected chi connectivity index (χ3v) is 6.26. The van der Waals surface area contributed by atoms with E-state index < -0.39 is 5.91 Å². The first-order valence-electron chi connectivity index (χ1n) is 11.3. The summed E-state index contributed by atoms with van der Waals surface area (Å²) in [5.74, 6) is -0.0834. The van der Waals surface area contributed by atoms with E-state index in [0.29, 0.717) is 43.6 Å². The van der Waals surface area contributed by atoms with Gasteiger partial charge in [0.2, 0.25) is 0 Å². The molecule has 0 radical (unpaired) electrons. The van der Waals surface area contributed by atoms with Crippen LogP contribution in [-0.2, 0) is 9.59 Å². The van der Waals surface area contributed by atoms with Gasteiger partial charge in [-0.25, -0.2) is 0 Å². The van der Waals surface area contributed by atoms with Gasteiger partial charge in [-0.2, -0.15) is 5.26 Å². The molecule has 0 unspecified atom stereocenters. The van der Waals surface area contributed by atoms with Crippen molar-refractivity contribution in [3.63, 3.8) is 0 Å². The van der Waals surface area contributed by atoms with Gasteiger partial charge >= 0.3 is 0 Å². The van der Waals surface area contributed by atoms with Crippen molar-refractivity contribution in [3.05, 3.63) is 85.5 Å². The second kappa shape index (κ2) is 13.1. The van der Waals surface area contributed by atoms with E-state index in [9.17, 15) is 14.9 Å². The number of rotatable bonds is 9. The lowest BCUT2D eigenvalue weighted by Crippen LogP contribution is -2.20. The quantitative estimate of drug-likeness (QED) is 0.159. The molecular weight excluding hydrogens is 605 g/mol. The van der Waals surface area contributed by atoms with Gasteiger partial charge in [0.1, 0.15) is 11.6 Å². The maximum Gasteiger partial charge on any atom is 0.266 e. The minimum absolute atomic E-state index is 0.0975. The average Bonchev–Trinajstić information content (AvgIpc) is 2.84. The number of aryl methyl sites for hydroxylation is 2. The number of hydrogen-bond donors (Lipinski definition) is 2. The van der Waals surface area contributed by atoms with Crippen LogP contribution in [0.15, 0.2) is 60.2 Å². The molecule has 0 atom stereocenters. The van der Waals surface area contributed by atoms with Crippen LogP contribution in [0.3, 0.4) is 0 Å². The highest BCUT2D eigenvalue weighted by Gasteiger charge is 2.16. The number of ether oxygens (including phenoxy) is 2. The summed E-state index contributed by atoms with van der Waals surface area (Å²) in [6, 6.07) is 17.7. The number of anilines is 2. The number of nitriles is 1. The van der Waals surface area contributed by atoms with Gasteiger partial charge in [-0.15, -0.1) is 0 Å². The molecule has 0 heterocycles. The van der Waals surface area contributed by atoms with Gasteiger partial charge < -0.3 is 20.1 Å². The van der Waals surface area contributed by atoms with E-state index >= 15 is 0 Å².